The summed E-state index contributed by atoms with van der Waals surface area (Å²) in [6.45, 7) is 24.1. The van der Waals surface area contributed by atoms with Crippen molar-refractivity contribution in [3.05, 3.63) is 96.1 Å². The van der Waals surface area contributed by atoms with Crippen LogP contribution in [0.2, 0.25) is 0 Å². The second-order valence-electron chi connectivity index (χ2n) is 10.9. The normalized spacial score (nSPS) is 13.2. The number of ether oxygens (including phenoxy) is 2. The van der Waals surface area contributed by atoms with Crippen LogP contribution >= 0.6 is 0 Å². The number of benzene rings is 2. The van der Waals surface area contributed by atoms with Gasteiger partial charge in [0.25, 0.3) is 0 Å². The van der Waals surface area contributed by atoms with Crippen molar-refractivity contribution in [1.82, 2.24) is 4.90 Å². The Kier molecular flexibility index (Phi) is 21.6. The lowest BCUT2D eigenvalue weighted by atomic mass is 10.0. The van der Waals surface area contributed by atoms with E-state index in [-0.39, 0.29) is 0 Å². The van der Waals surface area contributed by atoms with E-state index in [0.717, 1.165) is 66.4 Å². The first kappa shape index (κ1) is 37.0. The van der Waals surface area contributed by atoms with Gasteiger partial charge in [0.1, 0.15) is 18.1 Å². The number of piperidine rings is 1. The molecule has 0 aliphatic carbocycles. The zero-order chi connectivity index (χ0) is 30.8. The third kappa shape index (κ3) is 18.4. The number of allylic oxidation sites excluding steroid dienone is 4. The number of unbranched alkanes of at least 4 members (excludes halogenated alkanes) is 2. The highest BCUT2D eigenvalue weighted by Gasteiger charge is 2.09. The van der Waals surface area contributed by atoms with Crippen molar-refractivity contribution in [3.63, 3.8) is 0 Å². The van der Waals surface area contributed by atoms with E-state index in [1.807, 2.05) is 24.3 Å². The van der Waals surface area contributed by atoms with Crippen LogP contribution in [0.5, 0.6) is 11.5 Å². The molecule has 3 nitrogen and oxygen atoms in total. The van der Waals surface area contributed by atoms with Crippen molar-refractivity contribution in [2.45, 2.75) is 92.4 Å². The Hall–Kier alpha value is -3.04. The average molecular weight is 574 g/mol. The Labute approximate surface area is 259 Å². The molecule has 1 aliphatic rings. The Morgan fingerprint density at radius 2 is 1.05 bits per heavy atom. The van der Waals surface area contributed by atoms with Crippen molar-refractivity contribution in [1.29, 1.82) is 0 Å². The fraction of sp³-hybridized carbons (Fsp3) is 0.487. The Morgan fingerprint density at radius 1 is 0.619 bits per heavy atom. The first-order valence-electron chi connectivity index (χ1n) is 16.3. The predicted octanol–water partition coefficient (Wildman–Crippen LogP) is 11.2. The monoisotopic (exact) mass is 573 g/mol. The predicted molar refractivity (Wildman–Crippen MR) is 187 cm³/mol. The third-order valence-electron chi connectivity index (χ3n) is 6.84. The molecule has 0 amide bonds. The van der Waals surface area contributed by atoms with E-state index in [2.05, 4.69) is 101 Å². The average Bonchev–Trinajstić information content (AvgIpc) is 3.03. The molecular weight excluding hydrogens is 514 g/mol. The molecule has 1 aliphatic heterocycles. The molecule has 3 rings (SSSR count). The third-order valence-corrected chi connectivity index (χ3v) is 6.84. The van der Waals surface area contributed by atoms with Gasteiger partial charge in [-0.3, -0.25) is 4.90 Å². The van der Waals surface area contributed by atoms with Crippen LogP contribution in [-0.2, 0) is 0 Å². The molecule has 0 radical (unpaired) electrons. The zero-order valence-electron chi connectivity index (χ0n) is 27.5. The number of rotatable bonds is 15. The van der Waals surface area contributed by atoms with Gasteiger partial charge in [-0.05, 0) is 74.2 Å². The highest BCUT2D eigenvalue weighted by molar-refractivity contribution is 5.56. The van der Waals surface area contributed by atoms with Crippen LogP contribution in [-0.4, -0.2) is 37.7 Å². The fourth-order valence-corrected chi connectivity index (χ4v) is 3.88. The van der Waals surface area contributed by atoms with E-state index >= 15 is 0 Å². The van der Waals surface area contributed by atoms with E-state index < -0.39 is 0 Å². The summed E-state index contributed by atoms with van der Waals surface area (Å²) in [7, 11) is 0. The molecule has 0 bridgehead atoms. The molecule has 0 atom stereocenters. The van der Waals surface area contributed by atoms with E-state index in [9.17, 15) is 0 Å². The molecule has 3 heteroatoms. The number of hydrogen-bond acceptors (Lipinski definition) is 3. The molecule has 1 heterocycles. The molecular formula is C39H59NO2. The largest absolute Gasteiger partial charge is 0.494 e. The molecule has 1 fully saturated rings. The fourth-order valence-electron chi connectivity index (χ4n) is 3.88. The maximum absolute atomic E-state index is 5.92. The molecule has 2 aromatic rings. The van der Waals surface area contributed by atoms with E-state index in [0.29, 0.717) is 0 Å². The van der Waals surface area contributed by atoms with Gasteiger partial charge in [0.2, 0.25) is 0 Å². The van der Waals surface area contributed by atoms with Crippen LogP contribution in [0.15, 0.2) is 85.0 Å². The minimum atomic E-state index is 0.738. The van der Waals surface area contributed by atoms with Crippen LogP contribution in [0.25, 0.3) is 12.2 Å². The topological polar surface area (TPSA) is 21.7 Å². The van der Waals surface area contributed by atoms with Crippen molar-refractivity contribution in [2.75, 3.05) is 32.8 Å². The smallest absolute Gasteiger partial charge is 0.119 e. The van der Waals surface area contributed by atoms with Gasteiger partial charge in [0, 0.05) is 6.54 Å². The highest BCUT2D eigenvalue weighted by atomic mass is 16.5. The van der Waals surface area contributed by atoms with Gasteiger partial charge in [-0.1, -0.05) is 140 Å². The lowest BCUT2D eigenvalue weighted by molar-refractivity contribution is 0.183. The van der Waals surface area contributed by atoms with Gasteiger partial charge in [-0.2, -0.15) is 0 Å². The Bertz CT molecular complexity index is 1000. The summed E-state index contributed by atoms with van der Waals surface area (Å²) in [5.74, 6) is 1.84. The van der Waals surface area contributed by atoms with Crippen molar-refractivity contribution in [3.8, 4) is 11.5 Å². The summed E-state index contributed by atoms with van der Waals surface area (Å²) >= 11 is 0. The summed E-state index contributed by atoms with van der Waals surface area (Å²) < 4.78 is 11.5. The molecule has 2 aromatic carbocycles. The minimum absolute atomic E-state index is 0.738. The standard InChI is InChI=1S/C31H39NO2.2C4H10/c1-4-23-33-30-16-12-28(13-17-30)10-8-26(2)25-27(3)9-11-29-14-18-31(19-15-29)34-24-22-32-20-6-5-7-21-32;2*1-3-4-2/h8-19H,2-7,20-25H2,1H3;2*3-4H2,1-2H3/b10-8+,11-9+;;. The van der Waals surface area contributed by atoms with Crippen molar-refractivity contribution >= 4 is 12.2 Å². The van der Waals surface area contributed by atoms with Crippen LogP contribution < -0.4 is 9.47 Å². The molecule has 42 heavy (non-hydrogen) atoms. The second-order valence-corrected chi connectivity index (χ2v) is 10.9. The molecule has 232 valence electrons. The van der Waals surface area contributed by atoms with Crippen LogP contribution in [0.1, 0.15) is 104 Å². The lowest BCUT2D eigenvalue weighted by Gasteiger charge is -2.26. The maximum atomic E-state index is 5.92. The number of hydrogen-bond donors (Lipinski definition) is 0. The van der Waals surface area contributed by atoms with Crippen LogP contribution in [0.4, 0.5) is 0 Å². The van der Waals surface area contributed by atoms with Crippen LogP contribution in [0, 0.1) is 0 Å². The van der Waals surface area contributed by atoms with Gasteiger partial charge in [-0.25, -0.2) is 0 Å². The molecule has 0 N–H and O–H groups in total. The first-order valence-corrected chi connectivity index (χ1v) is 16.3. The number of nitrogens with zero attached hydrogens (tertiary/aromatic N) is 1. The Morgan fingerprint density at radius 3 is 1.45 bits per heavy atom. The van der Waals surface area contributed by atoms with E-state index in [1.165, 1.54) is 58.0 Å². The summed E-state index contributed by atoms with van der Waals surface area (Å²) in [6, 6.07) is 16.4. The lowest BCUT2D eigenvalue weighted by Crippen LogP contribution is -2.33. The summed E-state index contributed by atoms with van der Waals surface area (Å²) in [4.78, 5) is 2.49. The van der Waals surface area contributed by atoms with Gasteiger partial charge in [-0.15, -0.1) is 0 Å². The molecule has 0 aromatic heterocycles. The molecule has 1 saturated heterocycles. The minimum Gasteiger partial charge on any atom is -0.494 e. The number of likely N-dealkylation sites (tertiary alicyclic amines) is 1. The second kappa shape index (κ2) is 24.5. The van der Waals surface area contributed by atoms with E-state index in [4.69, 9.17) is 9.47 Å². The van der Waals surface area contributed by atoms with Gasteiger partial charge in [0.05, 0.1) is 6.61 Å². The van der Waals surface area contributed by atoms with Gasteiger partial charge < -0.3 is 9.47 Å². The maximum Gasteiger partial charge on any atom is 0.119 e. The van der Waals surface area contributed by atoms with Crippen molar-refractivity contribution < 1.29 is 9.47 Å². The first-order chi connectivity index (χ1) is 20.4. The quantitative estimate of drug-likeness (QED) is 0.198. The van der Waals surface area contributed by atoms with Gasteiger partial charge in [0.15, 0.2) is 0 Å². The van der Waals surface area contributed by atoms with E-state index in [1.54, 1.807) is 0 Å². The summed E-state index contributed by atoms with van der Waals surface area (Å²) in [6.07, 6.45) is 19.3. The summed E-state index contributed by atoms with van der Waals surface area (Å²) in [5.41, 5.74) is 4.32. The zero-order valence-corrected chi connectivity index (χ0v) is 27.5. The highest BCUT2D eigenvalue weighted by Crippen LogP contribution is 2.18. The van der Waals surface area contributed by atoms with Gasteiger partial charge >= 0.3 is 0 Å². The SMILES string of the molecule is C=C(/C=C/c1ccc(OCCC)cc1)CC(=C)/C=C/c1ccc(OCCN2CCCCC2)cc1.CCCC.CCCC. The summed E-state index contributed by atoms with van der Waals surface area (Å²) in [5, 5.41) is 0. The molecule has 0 saturated carbocycles. The van der Waals surface area contributed by atoms with Crippen molar-refractivity contribution in [2.24, 2.45) is 0 Å². The Balaban J connectivity index is 0.000000978. The molecule has 0 unspecified atom stereocenters. The molecule has 0 spiro atoms. The van der Waals surface area contributed by atoms with Crippen LogP contribution in [0.3, 0.4) is 0 Å².